The van der Waals surface area contributed by atoms with Gasteiger partial charge in [-0.3, -0.25) is 9.88 Å². The van der Waals surface area contributed by atoms with Gasteiger partial charge in [0.15, 0.2) is 0 Å². The van der Waals surface area contributed by atoms with Crippen molar-refractivity contribution in [2.45, 2.75) is 32.0 Å². The van der Waals surface area contributed by atoms with Gasteiger partial charge in [-0.1, -0.05) is 6.07 Å². The Kier molecular flexibility index (Phi) is 3.76. The summed E-state index contributed by atoms with van der Waals surface area (Å²) in [5, 5.41) is 12.6. The zero-order valence-electron chi connectivity index (χ0n) is 10.6. The first kappa shape index (κ1) is 12.5. The highest BCUT2D eigenvalue weighted by molar-refractivity contribution is 5.09. The Balaban J connectivity index is 2.06. The SMILES string of the molecule is CC1(C)CNC(CO)CN1Cc1cccnc1. The van der Waals surface area contributed by atoms with Crippen LogP contribution < -0.4 is 5.32 Å². The van der Waals surface area contributed by atoms with Crippen LogP contribution in [0.2, 0.25) is 0 Å². The van der Waals surface area contributed by atoms with Crippen LogP contribution >= 0.6 is 0 Å². The second-order valence-corrected chi connectivity index (χ2v) is 5.31. The van der Waals surface area contributed by atoms with Gasteiger partial charge in [0.1, 0.15) is 0 Å². The first-order valence-electron chi connectivity index (χ1n) is 6.10. The highest BCUT2D eigenvalue weighted by Gasteiger charge is 2.33. The van der Waals surface area contributed by atoms with Crippen LogP contribution in [0.15, 0.2) is 24.5 Å². The second kappa shape index (κ2) is 5.12. The van der Waals surface area contributed by atoms with Crippen LogP contribution in [-0.4, -0.2) is 46.3 Å². The number of aliphatic hydroxyl groups excluding tert-OH is 1. The molecule has 94 valence electrons. The molecule has 1 aliphatic rings. The maximum atomic E-state index is 9.24. The van der Waals surface area contributed by atoms with E-state index in [9.17, 15) is 5.11 Å². The van der Waals surface area contributed by atoms with Gasteiger partial charge < -0.3 is 10.4 Å². The lowest BCUT2D eigenvalue weighted by Gasteiger charge is -2.45. The number of rotatable bonds is 3. The molecule has 0 aromatic carbocycles. The molecule has 1 atom stereocenters. The van der Waals surface area contributed by atoms with Crippen molar-refractivity contribution in [3.63, 3.8) is 0 Å². The summed E-state index contributed by atoms with van der Waals surface area (Å²) >= 11 is 0. The van der Waals surface area contributed by atoms with E-state index < -0.39 is 0 Å². The minimum atomic E-state index is 0.113. The normalized spacial score (nSPS) is 24.8. The standard InChI is InChI=1S/C13H21N3O/c1-13(2)10-15-12(9-17)8-16(13)7-11-4-3-5-14-6-11/h3-6,12,15,17H,7-10H2,1-2H3. The minimum Gasteiger partial charge on any atom is -0.395 e. The summed E-state index contributed by atoms with van der Waals surface area (Å²) in [6.45, 7) is 7.31. The molecule has 1 unspecified atom stereocenters. The third-order valence-electron chi connectivity index (χ3n) is 3.44. The molecule has 2 N–H and O–H groups in total. The van der Waals surface area contributed by atoms with Crippen molar-refractivity contribution >= 4 is 0 Å². The second-order valence-electron chi connectivity index (χ2n) is 5.31. The molecule has 0 amide bonds. The number of hydrogen-bond donors (Lipinski definition) is 2. The number of piperazine rings is 1. The van der Waals surface area contributed by atoms with E-state index >= 15 is 0 Å². The molecular weight excluding hydrogens is 214 g/mol. The molecule has 0 radical (unpaired) electrons. The van der Waals surface area contributed by atoms with Crippen molar-refractivity contribution in [3.8, 4) is 0 Å². The van der Waals surface area contributed by atoms with Gasteiger partial charge in [-0.25, -0.2) is 0 Å². The smallest absolute Gasteiger partial charge is 0.0597 e. The Hall–Kier alpha value is -0.970. The summed E-state index contributed by atoms with van der Waals surface area (Å²) in [7, 11) is 0. The number of pyridine rings is 1. The molecule has 4 nitrogen and oxygen atoms in total. The van der Waals surface area contributed by atoms with Crippen molar-refractivity contribution in [2.75, 3.05) is 19.7 Å². The third-order valence-corrected chi connectivity index (χ3v) is 3.44. The van der Waals surface area contributed by atoms with E-state index in [1.54, 1.807) is 6.20 Å². The van der Waals surface area contributed by atoms with E-state index in [-0.39, 0.29) is 18.2 Å². The first-order chi connectivity index (χ1) is 8.12. The number of aliphatic hydroxyl groups is 1. The Morgan fingerprint density at radius 3 is 3.06 bits per heavy atom. The summed E-state index contributed by atoms with van der Waals surface area (Å²) in [5.74, 6) is 0. The van der Waals surface area contributed by atoms with Crippen molar-refractivity contribution in [1.82, 2.24) is 15.2 Å². The molecule has 1 aromatic rings. The van der Waals surface area contributed by atoms with Gasteiger partial charge in [-0.15, -0.1) is 0 Å². The van der Waals surface area contributed by atoms with Crippen molar-refractivity contribution in [3.05, 3.63) is 30.1 Å². The molecule has 1 aliphatic heterocycles. The maximum Gasteiger partial charge on any atom is 0.0597 e. The van der Waals surface area contributed by atoms with E-state index in [1.807, 2.05) is 12.3 Å². The maximum absolute atomic E-state index is 9.24. The average molecular weight is 235 g/mol. The van der Waals surface area contributed by atoms with Gasteiger partial charge in [-0.2, -0.15) is 0 Å². The Morgan fingerprint density at radius 1 is 1.59 bits per heavy atom. The van der Waals surface area contributed by atoms with Gasteiger partial charge in [0, 0.05) is 43.6 Å². The fourth-order valence-electron chi connectivity index (χ4n) is 2.20. The zero-order valence-corrected chi connectivity index (χ0v) is 10.6. The number of aromatic nitrogens is 1. The summed E-state index contributed by atoms with van der Waals surface area (Å²) in [5.41, 5.74) is 1.33. The van der Waals surface area contributed by atoms with Gasteiger partial charge >= 0.3 is 0 Å². The van der Waals surface area contributed by atoms with E-state index in [4.69, 9.17) is 0 Å². The molecule has 17 heavy (non-hydrogen) atoms. The minimum absolute atomic E-state index is 0.113. The fourth-order valence-corrected chi connectivity index (χ4v) is 2.20. The number of hydrogen-bond acceptors (Lipinski definition) is 4. The van der Waals surface area contributed by atoms with E-state index in [1.165, 1.54) is 5.56 Å². The molecule has 0 bridgehead atoms. The summed E-state index contributed by atoms with van der Waals surface area (Å²) < 4.78 is 0. The largest absolute Gasteiger partial charge is 0.395 e. The van der Waals surface area contributed by atoms with E-state index in [0.29, 0.717) is 0 Å². The Morgan fingerprint density at radius 2 is 2.41 bits per heavy atom. The van der Waals surface area contributed by atoms with Crippen LogP contribution in [0, 0.1) is 0 Å². The van der Waals surface area contributed by atoms with E-state index in [0.717, 1.165) is 19.6 Å². The average Bonchev–Trinajstić information content (AvgIpc) is 2.33. The summed E-state index contributed by atoms with van der Waals surface area (Å²) in [6.07, 6.45) is 3.70. The highest BCUT2D eigenvalue weighted by Crippen LogP contribution is 2.20. The highest BCUT2D eigenvalue weighted by atomic mass is 16.3. The van der Waals surface area contributed by atoms with Crippen LogP contribution in [0.4, 0.5) is 0 Å². The number of nitrogens with one attached hydrogen (secondary N) is 1. The van der Waals surface area contributed by atoms with E-state index in [2.05, 4.69) is 35.1 Å². The fraction of sp³-hybridized carbons (Fsp3) is 0.615. The lowest BCUT2D eigenvalue weighted by Crippen LogP contribution is -2.62. The predicted octanol–water partition coefficient (Wildman–Crippen LogP) is 0.626. The monoisotopic (exact) mass is 235 g/mol. The molecule has 1 saturated heterocycles. The molecule has 0 aliphatic carbocycles. The van der Waals surface area contributed by atoms with Gasteiger partial charge in [-0.05, 0) is 25.5 Å². The van der Waals surface area contributed by atoms with Gasteiger partial charge in [0.05, 0.1) is 6.61 Å². The lowest BCUT2D eigenvalue weighted by molar-refractivity contribution is 0.0424. The first-order valence-corrected chi connectivity index (χ1v) is 6.10. The summed E-state index contributed by atoms with van der Waals surface area (Å²) in [4.78, 5) is 6.55. The molecule has 0 spiro atoms. The third kappa shape index (κ3) is 3.03. The van der Waals surface area contributed by atoms with Crippen molar-refractivity contribution < 1.29 is 5.11 Å². The molecular formula is C13H21N3O. The van der Waals surface area contributed by atoms with Crippen LogP contribution in [0.1, 0.15) is 19.4 Å². The topological polar surface area (TPSA) is 48.4 Å². The molecule has 0 saturated carbocycles. The molecule has 1 fully saturated rings. The Bertz CT molecular complexity index is 353. The number of nitrogens with zero attached hydrogens (tertiary/aromatic N) is 2. The summed E-state index contributed by atoms with van der Waals surface area (Å²) in [6, 6.07) is 4.24. The van der Waals surface area contributed by atoms with Gasteiger partial charge in [0.2, 0.25) is 0 Å². The van der Waals surface area contributed by atoms with Crippen LogP contribution in [-0.2, 0) is 6.54 Å². The van der Waals surface area contributed by atoms with Crippen molar-refractivity contribution in [2.24, 2.45) is 0 Å². The van der Waals surface area contributed by atoms with Gasteiger partial charge in [0.25, 0.3) is 0 Å². The van der Waals surface area contributed by atoms with Crippen LogP contribution in [0.3, 0.4) is 0 Å². The molecule has 1 aromatic heterocycles. The molecule has 2 heterocycles. The predicted molar refractivity (Wildman–Crippen MR) is 67.6 cm³/mol. The molecule has 2 rings (SSSR count). The quantitative estimate of drug-likeness (QED) is 0.806. The van der Waals surface area contributed by atoms with Crippen LogP contribution in [0.5, 0.6) is 0 Å². The lowest BCUT2D eigenvalue weighted by atomic mass is 9.97. The van der Waals surface area contributed by atoms with Crippen LogP contribution in [0.25, 0.3) is 0 Å². The van der Waals surface area contributed by atoms with Crippen molar-refractivity contribution in [1.29, 1.82) is 0 Å². The molecule has 4 heteroatoms. The Labute approximate surface area is 103 Å². The zero-order chi connectivity index (χ0) is 12.3.